The highest BCUT2D eigenvalue weighted by Gasteiger charge is 2.32. The highest BCUT2D eigenvalue weighted by atomic mass is 32.2. The Kier molecular flexibility index (Phi) is 3.38. The molecule has 1 aromatic carbocycles. The van der Waals surface area contributed by atoms with E-state index in [9.17, 15) is 8.42 Å². The molecule has 0 atom stereocenters. The van der Waals surface area contributed by atoms with Crippen LogP contribution < -0.4 is 15.8 Å². The van der Waals surface area contributed by atoms with Crippen LogP contribution in [0, 0.1) is 0 Å². The van der Waals surface area contributed by atoms with Crippen molar-refractivity contribution in [2.24, 2.45) is 5.14 Å². The van der Waals surface area contributed by atoms with Crippen molar-refractivity contribution < 1.29 is 12.8 Å². The van der Waals surface area contributed by atoms with Gasteiger partial charge in [-0.25, -0.2) is 13.6 Å². The molecule has 0 aliphatic heterocycles. The number of hydrogen-bond donors (Lipinski definition) is 2. The molecule has 0 saturated heterocycles. The summed E-state index contributed by atoms with van der Waals surface area (Å²) in [7, 11) is -3.84. The molecule has 1 heterocycles. The summed E-state index contributed by atoms with van der Waals surface area (Å²) >= 11 is 0. The Morgan fingerprint density at radius 2 is 2.05 bits per heavy atom. The lowest BCUT2D eigenvalue weighted by Gasteiger charge is -2.25. The number of hydrogen-bond acceptors (Lipinski definition) is 5. The third-order valence-corrected chi connectivity index (χ3v) is 4.43. The molecule has 0 radical (unpaired) electrons. The molecule has 6 nitrogen and oxygen atoms in total. The molecule has 1 fully saturated rings. The molecule has 0 unspecified atom stereocenters. The lowest BCUT2D eigenvalue weighted by atomic mass is 10.2. The van der Waals surface area contributed by atoms with Crippen LogP contribution in [0.1, 0.15) is 18.6 Å². The summed E-state index contributed by atoms with van der Waals surface area (Å²) in [5.41, 5.74) is 6.64. The molecule has 1 aliphatic rings. The zero-order valence-corrected chi connectivity index (χ0v) is 12.2. The van der Waals surface area contributed by atoms with E-state index in [4.69, 9.17) is 15.3 Å². The van der Waals surface area contributed by atoms with Gasteiger partial charge in [-0.2, -0.15) is 0 Å². The second-order valence-electron chi connectivity index (χ2n) is 5.21. The van der Waals surface area contributed by atoms with Crippen molar-refractivity contribution in [1.29, 1.82) is 0 Å². The van der Waals surface area contributed by atoms with Crippen molar-refractivity contribution >= 4 is 21.4 Å². The van der Waals surface area contributed by atoms with Crippen LogP contribution in [0.5, 0.6) is 0 Å². The zero-order chi connectivity index (χ0) is 15.0. The van der Waals surface area contributed by atoms with E-state index >= 15 is 0 Å². The van der Waals surface area contributed by atoms with Crippen molar-refractivity contribution in [2.75, 3.05) is 10.6 Å². The van der Waals surface area contributed by atoms with Crippen molar-refractivity contribution in [3.05, 3.63) is 42.4 Å². The summed E-state index contributed by atoms with van der Waals surface area (Å²) in [6.45, 7) is 0.504. The molecule has 0 amide bonds. The average molecular weight is 307 g/mol. The Labute approximate surface area is 123 Å². The fraction of sp³-hybridized carbons (Fsp3) is 0.286. The van der Waals surface area contributed by atoms with Crippen LogP contribution in [0.2, 0.25) is 0 Å². The van der Waals surface area contributed by atoms with Gasteiger partial charge in [-0.05, 0) is 43.2 Å². The highest BCUT2D eigenvalue weighted by molar-refractivity contribution is 7.89. The van der Waals surface area contributed by atoms with Gasteiger partial charge in [0, 0.05) is 11.7 Å². The summed E-state index contributed by atoms with van der Waals surface area (Å²) in [4.78, 5) is 2.07. The van der Waals surface area contributed by atoms with E-state index in [0.29, 0.717) is 24.0 Å². The molecule has 112 valence electrons. The van der Waals surface area contributed by atoms with E-state index in [1.807, 2.05) is 17.0 Å². The first kappa shape index (κ1) is 14.0. The van der Waals surface area contributed by atoms with Crippen LogP contribution in [-0.4, -0.2) is 14.5 Å². The van der Waals surface area contributed by atoms with E-state index < -0.39 is 10.0 Å². The van der Waals surface area contributed by atoms with Crippen LogP contribution >= 0.6 is 0 Å². The van der Waals surface area contributed by atoms with Crippen LogP contribution in [0.15, 0.2) is 45.9 Å². The summed E-state index contributed by atoms with van der Waals surface area (Å²) in [5, 5.41) is 5.32. The maximum absolute atomic E-state index is 11.8. The third kappa shape index (κ3) is 3.03. The molecule has 21 heavy (non-hydrogen) atoms. The quantitative estimate of drug-likeness (QED) is 0.818. The summed E-state index contributed by atoms with van der Waals surface area (Å²) < 4.78 is 29.0. The summed E-state index contributed by atoms with van der Waals surface area (Å²) in [6, 6.07) is 8.77. The average Bonchev–Trinajstić information content (AvgIpc) is 3.13. The minimum atomic E-state index is -3.84. The number of furan rings is 1. The number of nitrogens with two attached hydrogens (primary N) is 2. The molecule has 4 N–H and O–H groups in total. The molecule has 0 bridgehead atoms. The minimum Gasteiger partial charge on any atom is -0.467 e. The molecular weight excluding hydrogens is 290 g/mol. The van der Waals surface area contributed by atoms with Gasteiger partial charge in [-0.1, -0.05) is 0 Å². The van der Waals surface area contributed by atoms with Gasteiger partial charge in [0.2, 0.25) is 10.0 Å². The Bertz CT molecular complexity index is 737. The number of benzene rings is 1. The van der Waals surface area contributed by atoms with Crippen molar-refractivity contribution in [3.63, 3.8) is 0 Å². The van der Waals surface area contributed by atoms with Gasteiger partial charge in [-0.15, -0.1) is 0 Å². The maximum Gasteiger partial charge on any atom is 0.240 e. The van der Waals surface area contributed by atoms with Gasteiger partial charge in [0.25, 0.3) is 0 Å². The lowest BCUT2D eigenvalue weighted by Crippen LogP contribution is -2.28. The van der Waals surface area contributed by atoms with Crippen molar-refractivity contribution in [2.45, 2.75) is 30.3 Å². The standard InChI is InChI=1S/C14H17N3O3S/c15-10-3-6-13(14(8-10)21(16,18)19)17(11-4-5-11)9-12-2-1-7-20-12/h1-3,6-8,11H,4-5,9,15H2,(H2,16,18,19). The van der Waals surface area contributed by atoms with E-state index in [0.717, 1.165) is 18.6 Å². The second-order valence-corrected chi connectivity index (χ2v) is 6.74. The largest absolute Gasteiger partial charge is 0.467 e. The smallest absolute Gasteiger partial charge is 0.240 e. The predicted octanol–water partition coefficient (Wildman–Crippen LogP) is 1.68. The first-order valence-corrected chi connectivity index (χ1v) is 8.21. The Balaban J connectivity index is 2.03. The predicted molar refractivity (Wildman–Crippen MR) is 80.1 cm³/mol. The zero-order valence-electron chi connectivity index (χ0n) is 11.4. The molecule has 0 spiro atoms. The van der Waals surface area contributed by atoms with Gasteiger partial charge in [0.15, 0.2) is 0 Å². The third-order valence-electron chi connectivity index (χ3n) is 3.49. The van der Waals surface area contributed by atoms with Crippen LogP contribution in [0.25, 0.3) is 0 Å². The normalized spacial score (nSPS) is 15.1. The second kappa shape index (κ2) is 5.09. The molecule has 1 aliphatic carbocycles. The minimum absolute atomic E-state index is 0.0564. The van der Waals surface area contributed by atoms with Crippen LogP contribution in [0.4, 0.5) is 11.4 Å². The van der Waals surface area contributed by atoms with E-state index in [2.05, 4.69) is 0 Å². The van der Waals surface area contributed by atoms with E-state index in [1.54, 1.807) is 18.4 Å². The fourth-order valence-corrected chi connectivity index (χ4v) is 3.14. The van der Waals surface area contributed by atoms with Gasteiger partial charge in [0.05, 0.1) is 18.5 Å². The lowest BCUT2D eigenvalue weighted by molar-refractivity contribution is 0.500. The molecule has 1 aromatic heterocycles. The number of anilines is 2. The number of rotatable bonds is 5. The first-order valence-electron chi connectivity index (χ1n) is 6.66. The Morgan fingerprint density at radius 3 is 2.62 bits per heavy atom. The van der Waals surface area contributed by atoms with Gasteiger partial charge < -0.3 is 15.1 Å². The van der Waals surface area contributed by atoms with Gasteiger partial charge in [0.1, 0.15) is 10.7 Å². The van der Waals surface area contributed by atoms with Crippen LogP contribution in [0.3, 0.4) is 0 Å². The summed E-state index contributed by atoms with van der Waals surface area (Å²) in [5.74, 6) is 0.777. The Morgan fingerprint density at radius 1 is 1.29 bits per heavy atom. The topological polar surface area (TPSA) is 103 Å². The first-order chi connectivity index (χ1) is 9.95. The number of sulfonamides is 1. The summed E-state index contributed by atoms with van der Waals surface area (Å²) in [6.07, 6.45) is 3.65. The SMILES string of the molecule is Nc1ccc(N(Cc2ccco2)C2CC2)c(S(N)(=O)=O)c1. The van der Waals surface area contributed by atoms with Gasteiger partial charge >= 0.3 is 0 Å². The molecule has 1 saturated carbocycles. The Hall–Kier alpha value is -1.99. The number of nitrogen functional groups attached to an aromatic ring is 1. The molecule has 2 aromatic rings. The van der Waals surface area contributed by atoms with E-state index in [-0.39, 0.29) is 4.90 Å². The van der Waals surface area contributed by atoms with E-state index in [1.165, 1.54) is 6.07 Å². The van der Waals surface area contributed by atoms with Crippen molar-refractivity contribution in [1.82, 2.24) is 0 Å². The maximum atomic E-state index is 11.8. The molecule has 3 rings (SSSR count). The van der Waals surface area contributed by atoms with Crippen molar-refractivity contribution in [3.8, 4) is 0 Å². The number of primary sulfonamides is 1. The fourth-order valence-electron chi connectivity index (χ4n) is 2.36. The molecular formula is C14H17N3O3S. The van der Waals surface area contributed by atoms with Crippen LogP contribution in [-0.2, 0) is 16.6 Å². The van der Waals surface area contributed by atoms with Gasteiger partial charge in [-0.3, -0.25) is 0 Å². The highest BCUT2D eigenvalue weighted by Crippen LogP contribution is 2.37. The number of nitrogens with zero attached hydrogens (tertiary/aromatic N) is 1. The molecule has 7 heteroatoms. The monoisotopic (exact) mass is 307 g/mol.